The third kappa shape index (κ3) is 2.53. The van der Waals surface area contributed by atoms with Crippen molar-refractivity contribution < 1.29 is 0 Å². The first-order valence-electron chi connectivity index (χ1n) is 5.55. The van der Waals surface area contributed by atoms with Crippen molar-refractivity contribution >= 4 is 23.2 Å². The van der Waals surface area contributed by atoms with Crippen LogP contribution in [0.1, 0.15) is 5.56 Å². The Balaban J connectivity index is 2.71. The number of hydrogen-bond acceptors (Lipinski definition) is 3. The van der Waals surface area contributed by atoms with E-state index in [1.165, 1.54) is 10.6 Å². The lowest BCUT2D eigenvalue weighted by Crippen LogP contribution is -2.23. The lowest BCUT2D eigenvalue weighted by molar-refractivity contribution is 0.794. The highest BCUT2D eigenvalue weighted by molar-refractivity contribution is 6.42. The fourth-order valence-electron chi connectivity index (χ4n) is 1.80. The van der Waals surface area contributed by atoms with Crippen molar-refractivity contribution in [1.29, 1.82) is 10.5 Å². The molecule has 2 aromatic rings. The van der Waals surface area contributed by atoms with Gasteiger partial charge in [-0.05, 0) is 29.8 Å². The van der Waals surface area contributed by atoms with E-state index < -0.39 is 5.56 Å². The number of benzene rings is 1. The van der Waals surface area contributed by atoms with Gasteiger partial charge in [0.2, 0.25) is 0 Å². The number of nitriles is 2. The molecule has 0 saturated carbocycles. The zero-order chi connectivity index (χ0) is 14.7. The van der Waals surface area contributed by atoms with Gasteiger partial charge in [-0.3, -0.25) is 9.36 Å². The van der Waals surface area contributed by atoms with E-state index in [0.717, 1.165) is 0 Å². The van der Waals surface area contributed by atoms with Crippen LogP contribution >= 0.6 is 23.2 Å². The summed E-state index contributed by atoms with van der Waals surface area (Å²) < 4.78 is 1.23. The Morgan fingerprint density at radius 1 is 1.10 bits per heavy atom. The molecule has 4 nitrogen and oxygen atoms in total. The van der Waals surface area contributed by atoms with Gasteiger partial charge in [0, 0.05) is 0 Å². The normalized spacial score (nSPS) is 9.80. The second-order valence-corrected chi connectivity index (χ2v) is 4.74. The number of nitrogens with zero attached hydrogens (tertiary/aromatic N) is 3. The van der Waals surface area contributed by atoms with E-state index in [-0.39, 0.29) is 12.1 Å². The molecule has 0 bridgehead atoms. The molecule has 1 aromatic carbocycles. The zero-order valence-electron chi connectivity index (χ0n) is 10.1. The predicted molar refractivity (Wildman–Crippen MR) is 76.5 cm³/mol. The molecule has 0 radical (unpaired) electrons. The average Bonchev–Trinajstić information content (AvgIpc) is 2.44. The lowest BCUT2D eigenvalue weighted by atomic mass is 10.1. The summed E-state index contributed by atoms with van der Waals surface area (Å²) in [5, 5.41) is 18.5. The second kappa shape index (κ2) is 5.79. The van der Waals surface area contributed by atoms with Gasteiger partial charge in [-0.1, -0.05) is 29.3 Å². The minimum atomic E-state index is -0.502. The van der Waals surface area contributed by atoms with Crippen molar-refractivity contribution in [3.05, 3.63) is 56.3 Å². The molecule has 6 heteroatoms. The molecule has 0 N–H and O–H groups in total. The Labute approximate surface area is 125 Å². The van der Waals surface area contributed by atoms with Crippen LogP contribution in [-0.2, 0) is 6.54 Å². The van der Waals surface area contributed by atoms with Gasteiger partial charge < -0.3 is 0 Å². The Morgan fingerprint density at radius 3 is 2.45 bits per heavy atom. The smallest absolute Gasteiger partial charge is 0.269 e. The molecule has 0 unspecified atom stereocenters. The highest BCUT2D eigenvalue weighted by Gasteiger charge is 2.11. The number of aromatic nitrogens is 1. The van der Waals surface area contributed by atoms with Crippen molar-refractivity contribution in [1.82, 2.24) is 4.57 Å². The third-order valence-electron chi connectivity index (χ3n) is 2.74. The van der Waals surface area contributed by atoms with E-state index in [0.29, 0.717) is 21.3 Å². The summed E-state index contributed by atoms with van der Waals surface area (Å²) in [6, 6.07) is 11.7. The quantitative estimate of drug-likeness (QED) is 0.855. The topological polar surface area (TPSA) is 69.6 Å². The molecule has 0 aliphatic rings. The molecule has 20 heavy (non-hydrogen) atoms. The molecule has 0 spiro atoms. The summed E-state index contributed by atoms with van der Waals surface area (Å²) in [6.45, 7) is -0.149. The first-order chi connectivity index (χ1) is 9.58. The SMILES string of the molecule is N#CCn1c(-c2ccc(Cl)c(Cl)c2)ccc(C#N)c1=O. The van der Waals surface area contributed by atoms with E-state index in [1.807, 2.05) is 6.07 Å². The highest BCUT2D eigenvalue weighted by Crippen LogP contribution is 2.28. The van der Waals surface area contributed by atoms with Crippen molar-refractivity contribution in [2.75, 3.05) is 0 Å². The zero-order valence-corrected chi connectivity index (χ0v) is 11.6. The number of pyridine rings is 1. The summed E-state index contributed by atoms with van der Waals surface area (Å²) in [5.74, 6) is 0. The summed E-state index contributed by atoms with van der Waals surface area (Å²) in [5.41, 5.74) is 0.645. The minimum absolute atomic E-state index is 0.0101. The van der Waals surface area contributed by atoms with Gasteiger partial charge in [-0.15, -0.1) is 0 Å². The van der Waals surface area contributed by atoms with Crippen LogP contribution in [0.5, 0.6) is 0 Å². The Bertz CT molecular complexity index is 813. The van der Waals surface area contributed by atoms with E-state index >= 15 is 0 Å². The van der Waals surface area contributed by atoms with Gasteiger partial charge in [0.05, 0.1) is 21.8 Å². The molecule has 1 aromatic heterocycles. The first-order valence-corrected chi connectivity index (χ1v) is 6.30. The molecule has 0 aliphatic heterocycles. The number of halogens is 2. The average molecular weight is 304 g/mol. The highest BCUT2D eigenvalue weighted by atomic mass is 35.5. The summed E-state index contributed by atoms with van der Waals surface area (Å²) in [6.07, 6.45) is 0. The van der Waals surface area contributed by atoms with Gasteiger partial charge in [0.15, 0.2) is 0 Å². The van der Waals surface area contributed by atoms with E-state index in [4.69, 9.17) is 33.7 Å². The molecule has 0 fully saturated rings. The number of rotatable bonds is 2. The van der Waals surface area contributed by atoms with Crippen LogP contribution in [0.25, 0.3) is 11.3 Å². The molecule has 0 saturated heterocycles. The van der Waals surface area contributed by atoms with E-state index in [9.17, 15) is 4.79 Å². The number of hydrogen-bond donors (Lipinski definition) is 0. The molecule has 98 valence electrons. The van der Waals surface area contributed by atoms with Crippen LogP contribution in [0.2, 0.25) is 10.0 Å². The monoisotopic (exact) mass is 303 g/mol. The van der Waals surface area contributed by atoms with Crippen molar-refractivity contribution in [3.8, 4) is 23.4 Å². The summed E-state index contributed by atoms with van der Waals surface area (Å²) in [4.78, 5) is 12.1. The van der Waals surface area contributed by atoms with E-state index in [2.05, 4.69) is 0 Å². The maximum absolute atomic E-state index is 12.1. The Kier molecular flexibility index (Phi) is 4.10. The molecule has 1 heterocycles. The molecule has 0 atom stereocenters. The standard InChI is InChI=1S/C14H7Cl2N3O/c15-11-3-1-9(7-12(11)16)13-4-2-10(8-18)14(20)19(13)6-5-17/h1-4,7H,6H2. The maximum Gasteiger partial charge on any atom is 0.269 e. The van der Waals surface area contributed by atoms with E-state index in [1.54, 1.807) is 30.3 Å². The van der Waals surface area contributed by atoms with Crippen molar-refractivity contribution in [2.24, 2.45) is 0 Å². The largest absolute Gasteiger partial charge is 0.293 e. The summed E-state index contributed by atoms with van der Waals surface area (Å²) in [7, 11) is 0. The fraction of sp³-hybridized carbons (Fsp3) is 0.0714. The lowest BCUT2D eigenvalue weighted by Gasteiger charge is -2.11. The third-order valence-corrected chi connectivity index (χ3v) is 3.48. The van der Waals surface area contributed by atoms with Crippen molar-refractivity contribution in [3.63, 3.8) is 0 Å². The molecule has 0 amide bonds. The maximum atomic E-state index is 12.1. The van der Waals surface area contributed by atoms with Crippen LogP contribution < -0.4 is 5.56 Å². The summed E-state index contributed by atoms with van der Waals surface area (Å²) >= 11 is 11.8. The predicted octanol–water partition coefficient (Wildman–Crippen LogP) is 3.22. The minimum Gasteiger partial charge on any atom is -0.293 e. The first kappa shape index (κ1) is 14.1. The van der Waals surface area contributed by atoms with Crippen LogP contribution in [0.15, 0.2) is 35.1 Å². The van der Waals surface area contributed by atoms with Crippen LogP contribution in [0.3, 0.4) is 0 Å². The van der Waals surface area contributed by atoms with Crippen LogP contribution in [-0.4, -0.2) is 4.57 Å². The Morgan fingerprint density at radius 2 is 1.85 bits per heavy atom. The van der Waals surface area contributed by atoms with Gasteiger partial charge in [0.25, 0.3) is 5.56 Å². The van der Waals surface area contributed by atoms with Gasteiger partial charge in [-0.25, -0.2) is 0 Å². The second-order valence-electron chi connectivity index (χ2n) is 3.92. The molecular weight excluding hydrogens is 297 g/mol. The molecule has 2 rings (SSSR count). The van der Waals surface area contributed by atoms with Crippen molar-refractivity contribution in [2.45, 2.75) is 6.54 Å². The Hall–Kier alpha value is -2.27. The molecule has 0 aliphatic carbocycles. The van der Waals surface area contributed by atoms with Gasteiger partial charge in [0.1, 0.15) is 18.2 Å². The van der Waals surface area contributed by atoms with Crippen LogP contribution in [0.4, 0.5) is 0 Å². The van der Waals surface area contributed by atoms with Crippen LogP contribution in [0, 0.1) is 22.7 Å². The van der Waals surface area contributed by atoms with Gasteiger partial charge >= 0.3 is 0 Å². The molecular formula is C14H7Cl2N3O. The van der Waals surface area contributed by atoms with Gasteiger partial charge in [-0.2, -0.15) is 10.5 Å². The fourth-order valence-corrected chi connectivity index (χ4v) is 2.10.